The van der Waals surface area contributed by atoms with E-state index in [1.54, 1.807) is 12.1 Å². The fourth-order valence-electron chi connectivity index (χ4n) is 2.44. The average molecular weight is 484 g/mol. The predicted molar refractivity (Wildman–Crippen MR) is 126 cm³/mol. The van der Waals surface area contributed by atoms with Crippen LogP contribution in [0.25, 0.3) is 0 Å². The minimum Gasteiger partial charge on any atom is -0.332 e. The van der Waals surface area contributed by atoms with E-state index in [9.17, 15) is 13.2 Å². The Kier molecular flexibility index (Phi) is 8.57. The second-order valence-corrected chi connectivity index (χ2v) is 9.21. The van der Waals surface area contributed by atoms with Gasteiger partial charge in [-0.1, -0.05) is 35.4 Å². The van der Waals surface area contributed by atoms with Crippen molar-refractivity contribution >= 4 is 62.2 Å². The molecule has 0 radical (unpaired) electrons. The van der Waals surface area contributed by atoms with Crippen molar-refractivity contribution in [1.82, 2.24) is 9.62 Å². The molecular weight excluding hydrogens is 465 g/mol. The van der Waals surface area contributed by atoms with Crippen molar-refractivity contribution in [3.63, 3.8) is 0 Å². The Hall–Kier alpha value is -2.23. The Balaban J connectivity index is 2.07. The van der Waals surface area contributed by atoms with Gasteiger partial charge in [0.25, 0.3) is 5.91 Å². The van der Waals surface area contributed by atoms with Crippen LogP contribution in [0, 0.1) is 0 Å². The zero-order valence-electron chi connectivity index (χ0n) is 15.8. The molecule has 2 rings (SSSR count). The van der Waals surface area contributed by atoms with Gasteiger partial charge >= 0.3 is 0 Å². The van der Waals surface area contributed by atoms with Crippen LogP contribution in [0.15, 0.2) is 72.7 Å². The topological polar surface area (TPSA) is 78.5 Å². The summed E-state index contributed by atoms with van der Waals surface area (Å²) in [5, 5.41) is 6.02. The lowest BCUT2D eigenvalue weighted by Gasteiger charge is -2.19. The van der Waals surface area contributed by atoms with Crippen LogP contribution < -0.4 is 10.6 Å². The van der Waals surface area contributed by atoms with Gasteiger partial charge in [-0.25, -0.2) is 8.42 Å². The molecule has 0 aliphatic rings. The van der Waals surface area contributed by atoms with Gasteiger partial charge in [0.1, 0.15) is 0 Å². The molecule has 2 aromatic rings. The molecule has 0 bridgehead atoms. The molecule has 0 aromatic heterocycles. The van der Waals surface area contributed by atoms with Gasteiger partial charge in [-0.15, -0.1) is 13.2 Å². The molecule has 0 aliphatic heterocycles. The molecule has 0 heterocycles. The number of amides is 1. The van der Waals surface area contributed by atoms with E-state index in [0.717, 1.165) is 0 Å². The maximum Gasteiger partial charge on any atom is 0.257 e. The second-order valence-electron chi connectivity index (χ2n) is 5.99. The van der Waals surface area contributed by atoms with E-state index in [1.807, 2.05) is 0 Å². The maximum absolute atomic E-state index is 12.7. The van der Waals surface area contributed by atoms with Gasteiger partial charge in [0.2, 0.25) is 10.0 Å². The first kappa shape index (κ1) is 24.0. The summed E-state index contributed by atoms with van der Waals surface area (Å²) in [6.45, 7) is 7.49. The van der Waals surface area contributed by atoms with Gasteiger partial charge in [-0.2, -0.15) is 4.31 Å². The largest absolute Gasteiger partial charge is 0.332 e. The summed E-state index contributed by atoms with van der Waals surface area (Å²) in [5.74, 6) is -0.486. The predicted octanol–water partition coefficient (Wildman–Crippen LogP) is 4.48. The average Bonchev–Trinajstić information content (AvgIpc) is 2.67. The van der Waals surface area contributed by atoms with Gasteiger partial charge in [-0.3, -0.25) is 10.1 Å². The highest BCUT2D eigenvalue weighted by Crippen LogP contribution is 2.20. The van der Waals surface area contributed by atoms with Gasteiger partial charge in [0.05, 0.1) is 4.90 Å². The molecular formula is C20H19Cl2N3O3S2. The minimum absolute atomic E-state index is 0.0339. The van der Waals surface area contributed by atoms with E-state index >= 15 is 0 Å². The quantitative estimate of drug-likeness (QED) is 0.427. The highest BCUT2D eigenvalue weighted by atomic mass is 35.5. The van der Waals surface area contributed by atoms with E-state index in [0.29, 0.717) is 15.7 Å². The van der Waals surface area contributed by atoms with Gasteiger partial charge in [0.15, 0.2) is 5.11 Å². The van der Waals surface area contributed by atoms with Gasteiger partial charge in [0, 0.05) is 34.4 Å². The van der Waals surface area contributed by atoms with Crippen molar-refractivity contribution < 1.29 is 13.2 Å². The van der Waals surface area contributed by atoms with Crippen molar-refractivity contribution in [2.75, 3.05) is 18.4 Å². The first-order valence-electron chi connectivity index (χ1n) is 8.58. The summed E-state index contributed by atoms with van der Waals surface area (Å²) in [5.41, 5.74) is 0.755. The summed E-state index contributed by atoms with van der Waals surface area (Å²) in [6.07, 6.45) is 3.01. The molecule has 10 heteroatoms. The Morgan fingerprint density at radius 2 is 1.57 bits per heavy atom. The summed E-state index contributed by atoms with van der Waals surface area (Å²) in [4.78, 5) is 12.4. The van der Waals surface area contributed by atoms with Crippen molar-refractivity contribution in [2.24, 2.45) is 0 Å². The molecule has 0 saturated carbocycles. The summed E-state index contributed by atoms with van der Waals surface area (Å²) < 4.78 is 26.7. The van der Waals surface area contributed by atoms with Crippen molar-refractivity contribution in [3.8, 4) is 0 Å². The van der Waals surface area contributed by atoms with Crippen LogP contribution in [0.4, 0.5) is 5.69 Å². The first-order valence-corrected chi connectivity index (χ1v) is 11.2. The maximum atomic E-state index is 12.7. The molecule has 30 heavy (non-hydrogen) atoms. The van der Waals surface area contributed by atoms with Crippen molar-refractivity contribution in [3.05, 3.63) is 83.4 Å². The summed E-state index contributed by atoms with van der Waals surface area (Å²) >= 11 is 16.9. The minimum atomic E-state index is -3.70. The Morgan fingerprint density at radius 1 is 1.03 bits per heavy atom. The van der Waals surface area contributed by atoms with Crippen LogP contribution in [-0.4, -0.2) is 36.8 Å². The Labute approximate surface area is 191 Å². The second kappa shape index (κ2) is 10.7. The number of halogens is 2. The SMILES string of the molecule is C=CCN(CC=C)S(=O)(=O)c1ccc(NC(=S)NC(=O)c2cc(Cl)cc(Cl)c2)cc1. The number of nitrogens with one attached hydrogen (secondary N) is 2. The van der Waals surface area contributed by atoms with Crippen LogP contribution >= 0.6 is 35.4 Å². The molecule has 0 saturated heterocycles. The Morgan fingerprint density at radius 3 is 2.07 bits per heavy atom. The van der Waals surface area contributed by atoms with Crippen LogP contribution in [0.3, 0.4) is 0 Å². The summed E-state index contributed by atoms with van der Waals surface area (Å²) in [7, 11) is -3.70. The zero-order valence-corrected chi connectivity index (χ0v) is 18.9. The Bertz CT molecular complexity index is 1040. The molecule has 2 aromatic carbocycles. The fraction of sp³-hybridized carbons (Fsp3) is 0.100. The molecule has 0 unspecified atom stereocenters. The third-order valence-electron chi connectivity index (χ3n) is 3.77. The van der Waals surface area contributed by atoms with E-state index < -0.39 is 15.9 Å². The van der Waals surface area contributed by atoms with Crippen LogP contribution in [0.1, 0.15) is 10.4 Å². The van der Waals surface area contributed by atoms with E-state index in [-0.39, 0.29) is 28.7 Å². The number of carbonyl (C=O) groups excluding carboxylic acids is 1. The number of rotatable bonds is 8. The summed E-state index contributed by atoms with van der Waals surface area (Å²) in [6, 6.07) is 10.4. The number of hydrogen-bond donors (Lipinski definition) is 2. The molecule has 158 valence electrons. The van der Waals surface area contributed by atoms with E-state index in [2.05, 4.69) is 23.8 Å². The number of anilines is 1. The highest BCUT2D eigenvalue weighted by molar-refractivity contribution is 7.89. The van der Waals surface area contributed by atoms with Crippen LogP contribution in [0.2, 0.25) is 10.0 Å². The highest BCUT2D eigenvalue weighted by Gasteiger charge is 2.22. The lowest BCUT2D eigenvalue weighted by molar-refractivity contribution is 0.0977. The van der Waals surface area contributed by atoms with Crippen molar-refractivity contribution in [1.29, 1.82) is 0 Å². The monoisotopic (exact) mass is 483 g/mol. The number of thiocarbonyl (C=S) groups is 1. The normalized spacial score (nSPS) is 11.0. The van der Waals surface area contributed by atoms with E-state index in [4.69, 9.17) is 35.4 Å². The number of carbonyl (C=O) groups is 1. The molecule has 1 amide bonds. The third-order valence-corrected chi connectivity index (χ3v) is 6.25. The zero-order chi connectivity index (χ0) is 22.3. The standard InChI is InChI=1S/C20H19Cl2N3O3S2/c1-3-9-25(10-4-2)30(27,28)18-7-5-17(6-8-18)23-20(29)24-19(26)14-11-15(21)13-16(22)12-14/h3-8,11-13H,1-2,9-10H2,(H2,23,24,26,29). The number of benzene rings is 2. The van der Waals surface area contributed by atoms with Crippen LogP contribution in [-0.2, 0) is 10.0 Å². The molecule has 0 aliphatic carbocycles. The number of sulfonamides is 1. The molecule has 6 nitrogen and oxygen atoms in total. The molecule has 0 spiro atoms. The fourth-order valence-corrected chi connectivity index (χ4v) is 4.56. The van der Waals surface area contributed by atoms with E-state index in [1.165, 1.54) is 46.8 Å². The number of hydrogen-bond acceptors (Lipinski definition) is 4. The smallest absolute Gasteiger partial charge is 0.257 e. The third kappa shape index (κ3) is 6.38. The molecule has 2 N–H and O–H groups in total. The van der Waals surface area contributed by atoms with Crippen molar-refractivity contribution in [2.45, 2.75) is 4.90 Å². The lowest BCUT2D eigenvalue weighted by atomic mass is 10.2. The molecule has 0 atom stereocenters. The first-order chi connectivity index (χ1) is 14.2. The van der Waals surface area contributed by atoms with Gasteiger partial charge < -0.3 is 5.32 Å². The lowest BCUT2D eigenvalue weighted by Crippen LogP contribution is -2.34. The van der Waals surface area contributed by atoms with Gasteiger partial charge in [-0.05, 0) is 54.7 Å². The number of nitrogens with zero attached hydrogens (tertiary/aromatic N) is 1. The molecule has 0 fully saturated rings. The van der Waals surface area contributed by atoms with Crippen LogP contribution in [0.5, 0.6) is 0 Å².